The summed E-state index contributed by atoms with van der Waals surface area (Å²) in [6.45, 7) is 5.29. The summed E-state index contributed by atoms with van der Waals surface area (Å²) < 4.78 is 0. The summed E-state index contributed by atoms with van der Waals surface area (Å²) in [5.74, 6) is 2.62. The molecule has 2 fully saturated rings. The van der Waals surface area contributed by atoms with E-state index in [1.807, 2.05) is 19.2 Å². The normalized spacial score (nSPS) is 22.7. The van der Waals surface area contributed by atoms with Crippen molar-refractivity contribution >= 4 is 23.4 Å². The standard InChI is InChI=1S/C19H31ClN6/c1-21-19(23-10-5-15-6-11-25(2)12-7-15)24-16-8-13-26(14-16)18-17(20)4-3-9-22-18/h3-4,9,15-16H,5-8,10-14H2,1-2H3,(H2,21,23,24). The second kappa shape index (κ2) is 9.42. The summed E-state index contributed by atoms with van der Waals surface area (Å²) in [6, 6.07) is 4.13. The van der Waals surface area contributed by atoms with Crippen molar-refractivity contribution in [1.29, 1.82) is 0 Å². The number of hydrogen-bond acceptors (Lipinski definition) is 4. The quantitative estimate of drug-likeness (QED) is 0.607. The van der Waals surface area contributed by atoms with Crippen LogP contribution in [0.1, 0.15) is 25.7 Å². The summed E-state index contributed by atoms with van der Waals surface area (Å²) in [6.07, 6.45) is 6.70. The van der Waals surface area contributed by atoms with Crippen molar-refractivity contribution in [2.75, 3.05) is 51.7 Å². The lowest BCUT2D eigenvalue weighted by atomic mass is 9.94. The van der Waals surface area contributed by atoms with Crippen molar-refractivity contribution in [1.82, 2.24) is 20.5 Å². The Kier molecular flexibility index (Phi) is 6.97. The Morgan fingerprint density at radius 2 is 2.12 bits per heavy atom. The lowest BCUT2D eigenvalue weighted by Crippen LogP contribution is -2.45. The number of anilines is 1. The zero-order chi connectivity index (χ0) is 18.4. The number of pyridine rings is 1. The average molecular weight is 379 g/mol. The highest BCUT2D eigenvalue weighted by Crippen LogP contribution is 2.25. The van der Waals surface area contributed by atoms with Crippen LogP contribution in [0.15, 0.2) is 23.3 Å². The molecule has 6 nitrogen and oxygen atoms in total. The molecule has 3 rings (SSSR count). The monoisotopic (exact) mass is 378 g/mol. The molecule has 0 aromatic carbocycles. The van der Waals surface area contributed by atoms with Crippen LogP contribution in [0, 0.1) is 5.92 Å². The summed E-state index contributed by atoms with van der Waals surface area (Å²) in [5, 5.41) is 7.75. The van der Waals surface area contributed by atoms with Gasteiger partial charge in [0.2, 0.25) is 0 Å². The predicted molar refractivity (Wildman–Crippen MR) is 109 cm³/mol. The molecular weight excluding hydrogens is 348 g/mol. The van der Waals surface area contributed by atoms with Gasteiger partial charge in [0.15, 0.2) is 5.96 Å². The van der Waals surface area contributed by atoms with E-state index in [1.165, 1.54) is 32.4 Å². The molecule has 0 aliphatic carbocycles. The average Bonchev–Trinajstić information content (AvgIpc) is 3.11. The van der Waals surface area contributed by atoms with Gasteiger partial charge in [-0.2, -0.15) is 0 Å². The fourth-order valence-electron chi connectivity index (χ4n) is 3.81. The fourth-order valence-corrected chi connectivity index (χ4v) is 4.05. The second-order valence-corrected chi connectivity index (χ2v) is 7.83. The molecule has 7 heteroatoms. The molecule has 0 radical (unpaired) electrons. The van der Waals surface area contributed by atoms with Gasteiger partial charge in [0.05, 0.1) is 5.02 Å². The van der Waals surface area contributed by atoms with Gasteiger partial charge in [-0.25, -0.2) is 4.98 Å². The molecule has 26 heavy (non-hydrogen) atoms. The van der Waals surface area contributed by atoms with E-state index in [0.717, 1.165) is 43.8 Å². The zero-order valence-corrected chi connectivity index (χ0v) is 16.7. The van der Waals surface area contributed by atoms with Gasteiger partial charge >= 0.3 is 0 Å². The third-order valence-corrected chi connectivity index (χ3v) is 5.77. The van der Waals surface area contributed by atoms with Crippen LogP contribution < -0.4 is 15.5 Å². The second-order valence-electron chi connectivity index (χ2n) is 7.42. The number of piperidine rings is 1. The van der Waals surface area contributed by atoms with Crippen molar-refractivity contribution in [2.45, 2.75) is 31.7 Å². The van der Waals surface area contributed by atoms with Gasteiger partial charge in [0.1, 0.15) is 5.82 Å². The number of nitrogens with zero attached hydrogens (tertiary/aromatic N) is 4. The molecule has 2 aliphatic rings. The van der Waals surface area contributed by atoms with E-state index in [4.69, 9.17) is 11.6 Å². The SMILES string of the molecule is CN=C(NCCC1CCN(C)CC1)NC1CCN(c2ncccc2Cl)C1. The van der Waals surface area contributed by atoms with Gasteiger partial charge in [0, 0.05) is 38.9 Å². The number of halogens is 1. The van der Waals surface area contributed by atoms with Crippen LogP contribution in [0.5, 0.6) is 0 Å². The minimum atomic E-state index is 0.364. The van der Waals surface area contributed by atoms with Crippen molar-refractivity contribution in [3.63, 3.8) is 0 Å². The lowest BCUT2D eigenvalue weighted by molar-refractivity contribution is 0.213. The maximum atomic E-state index is 6.27. The summed E-state index contributed by atoms with van der Waals surface area (Å²) in [4.78, 5) is 13.5. The predicted octanol–water partition coefficient (Wildman–Crippen LogP) is 2.21. The highest BCUT2D eigenvalue weighted by molar-refractivity contribution is 6.32. The van der Waals surface area contributed by atoms with E-state index in [2.05, 4.69) is 37.5 Å². The molecule has 0 bridgehead atoms. The smallest absolute Gasteiger partial charge is 0.191 e. The Morgan fingerprint density at radius 1 is 1.31 bits per heavy atom. The number of aromatic nitrogens is 1. The Bertz CT molecular complexity index is 599. The number of nitrogens with one attached hydrogen (secondary N) is 2. The van der Waals surface area contributed by atoms with Crippen LogP contribution in [0.25, 0.3) is 0 Å². The fraction of sp³-hybridized carbons (Fsp3) is 0.684. The van der Waals surface area contributed by atoms with Crippen LogP contribution in [0.2, 0.25) is 5.02 Å². The number of rotatable bonds is 5. The van der Waals surface area contributed by atoms with Crippen LogP contribution >= 0.6 is 11.6 Å². The third kappa shape index (κ3) is 5.24. The van der Waals surface area contributed by atoms with Gasteiger partial charge < -0.3 is 20.4 Å². The molecule has 2 N–H and O–H groups in total. The first-order valence-electron chi connectivity index (χ1n) is 9.67. The largest absolute Gasteiger partial charge is 0.356 e. The van der Waals surface area contributed by atoms with E-state index in [9.17, 15) is 0 Å². The maximum absolute atomic E-state index is 6.27. The first kappa shape index (κ1) is 19.2. The summed E-state index contributed by atoms with van der Waals surface area (Å²) in [7, 11) is 4.05. The molecule has 2 saturated heterocycles. The molecule has 144 valence electrons. The van der Waals surface area contributed by atoms with Gasteiger partial charge in [0.25, 0.3) is 0 Å². The molecule has 3 heterocycles. The lowest BCUT2D eigenvalue weighted by Gasteiger charge is -2.29. The molecule has 1 aromatic rings. The topological polar surface area (TPSA) is 55.8 Å². The van der Waals surface area contributed by atoms with Crippen LogP contribution in [0.3, 0.4) is 0 Å². The molecule has 1 atom stereocenters. The third-order valence-electron chi connectivity index (χ3n) is 5.47. The summed E-state index contributed by atoms with van der Waals surface area (Å²) >= 11 is 6.27. The van der Waals surface area contributed by atoms with E-state index >= 15 is 0 Å². The Labute approximate surface area is 162 Å². The molecule has 2 aliphatic heterocycles. The van der Waals surface area contributed by atoms with Crippen molar-refractivity contribution < 1.29 is 0 Å². The number of hydrogen-bond donors (Lipinski definition) is 2. The molecule has 0 spiro atoms. The van der Waals surface area contributed by atoms with Gasteiger partial charge in [-0.1, -0.05) is 11.6 Å². The van der Waals surface area contributed by atoms with Crippen molar-refractivity contribution in [3.8, 4) is 0 Å². The Hall–Kier alpha value is -1.53. The van der Waals surface area contributed by atoms with Gasteiger partial charge in [-0.3, -0.25) is 4.99 Å². The maximum Gasteiger partial charge on any atom is 0.191 e. The van der Waals surface area contributed by atoms with E-state index in [1.54, 1.807) is 6.20 Å². The number of likely N-dealkylation sites (tertiary alicyclic amines) is 1. The molecule has 0 saturated carbocycles. The molecule has 1 aromatic heterocycles. The zero-order valence-electron chi connectivity index (χ0n) is 15.9. The summed E-state index contributed by atoms with van der Waals surface area (Å²) in [5.41, 5.74) is 0. The minimum Gasteiger partial charge on any atom is -0.356 e. The first-order chi connectivity index (χ1) is 12.7. The molecule has 1 unspecified atom stereocenters. The number of aliphatic imine (C=N–C) groups is 1. The van der Waals surface area contributed by atoms with E-state index < -0.39 is 0 Å². The molecular formula is C19H31ClN6. The van der Waals surface area contributed by atoms with Gasteiger partial charge in [-0.05, 0) is 63.9 Å². The highest BCUT2D eigenvalue weighted by atomic mass is 35.5. The van der Waals surface area contributed by atoms with E-state index in [-0.39, 0.29) is 0 Å². The van der Waals surface area contributed by atoms with Crippen LogP contribution in [-0.4, -0.2) is 68.7 Å². The van der Waals surface area contributed by atoms with Crippen LogP contribution in [0.4, 0.5) is 5.82 Å². The number of guanidine groups is 1. The Balaban J connectivity index is 1.41. The first-order valence-corrected chi connectivity index (χ1v) is 10.0. The minimum absolute atomic E-state index is 0.364. The van der Waals surface area contributed by atoms with E-state index in [0.29, 0.717) is 11.1 Å². The van der Waals surface area contributed by atoms with Crippen molar-refractivity contribution in [2.24, 2.45) is 10.9 Å². The van der Waals surface area contributed by atoms with Gasteiger partial charge in [-0.15, -0.1) is 0 Å². The van der Waals surface area contributed by atoms with Crippen LogP contribution in [-0.2, 0) is 0 Å². The highest BCUT2D eigenvalue weighted by Gasteiger charge is 2.25. The van der Waals surface area contributed by atoms with Crippen molar-refractivity contribution in [3.05, 3.63) is 23.4 Å². The molecule has 0 amide bonds. The Morgan fingerprint density at radius 3 is 2.85 bits per heavy atom.